The fourth-order valence-corrected chi connectivity index (χ4v) is 5.69. The zero-order valence-corrected chi connectivity index (χ0v) is 19.9. The van der Waals surface area contributed by atoms with E-state index in [0.717, 1.165) is 12.1 Å². The molecule has 32 heavy (non-hydrogen) atoms. The lowest BCUT2D eigenvalue weighted by molar-refractivity contribution is 0.352. The number of rotatable bonds is 9. The van der Waals surface area contributed by atoms with E-state index in [9.17, 15) is 16.8 Å². The van der Waals surface area contributed by atoms with Gasteiger partial charge in [0.25, 0.3) is 0 Å². The second-order valence-corrected chi connectivity index (χ2v) is 11.0. The predicted octanol–water partition coefficient (Wildman–Crippen LogP) is 0.701. The molecule has 1 aliphatic heterocycles. The molecule has 0 atom stereocenters. The summed E-state index contributed by atoms with van der Waals surface area (Å²) in [6.45, 7) is 1.68. The van der Waals surface area contributed by atoms with Gasteiger partial charge in [-0.05, 0) is 30.2 Å². The largest absolute Gasteiger partial charge is 0.493 e. The molecule has 1 aliphatic rings. The molecule has 1 N–H and O–H groups in total. The van der Waals surface area contributed by atoms with Crippen molar-refractivity contribution in [1.82, 2.24) is 14.0 Å². The van der Waals surface area contributed by atoms with Crippen LogP contribution in [0.1, 0.15) is 5.56 Å². The molecule has 0 spiro atoms. The first-order valence-electron chi connectivity index (χ1n) is 10.0. The van der Waals surface area contributed by atoms with Gasteiger partial charge in [-0.3, -0.25) is 0 Å². The Morgan fingerprint density at radius 3 is 2.22 bits per heavy atom. The van der Waals surface area contributed by atoms with Crippen molar-refractivity contribution in [2.75, 3.05) is 58.1 Å². The van der Waals surface area contributed by atoms with Crippen LogP contribution in [0.15, 0.2) is 41.4 Å². The summed E-state index contributed by atoms with van der Waals surface area (Å²) in [5.74, 6) is 1.47. The van der Waals surface area contributed by atoms with Gasteiger partial charge in [0.05, 0.1) is 25.4 Å². The SMILES string of the molecule is COc1cc(CCNS(C)(=O)=O)c(S(=O)(=O)N2CCN(c3ccccn3)CC2)cc1OC. The summed E-state index contributed by atoms with van der Waals surface area (Å²) >= 11 is 0. The lowest BCUT2D eigenvalue weighted by Gasteiger charge is -2.35. The van der Waals surface area contributed by atoms with Gasteiger partial charge in [-0.1, -0.05) is 6.07 Å². The van der Waals surface area contributed by atoms with E-state index in [0.29, 0.717) is 37.5 Å². The Morgan fingerprint density at radius 2 is 1.66 bits per heavy atom. The number of hydrogen-bond donors (Lipinski definition) is 1. The average molecular weight is 485 g/mol. The van der Waals surface area contributed by atoms with Crippen LogP contribution in [0.2, 0.25) is 0 Å². The third-order valence-electron chi connectivity index (χ3n) is 5.16. The first-order chi connectivity index (χ1) is 15.2. The molecular formula is C20H28N4O6S2. The summed E-state index contributed by atoms with van der Waals surface area (Å²) in [4.78, 5) is 6.45. The van der Waals surface area contributed by atoms with Crippen molar-refractivity contribution < 1.29 is 26.3 Å². The lowest BCUT2D eigenvalue weighted by Crippen LogP contribution is -2.49. The highest BCUT2D eigenvalue weighted by atomic mass is 32.2. The van der Waals surface area contributed by atoms with Crippen LogP contribution in [0.5, 0.6) is 11.5 Å². The van der Waals surface area contributed by atoms with Crippen molar-refractivity contribution in [2.45, 2.75) is 11.3 Å². The van der Waals surface area contributed by atoms with Crippen molar-refractivity contribution in [3.8, 4) is 11.5 Å². The molecule has 2 aromatic rings. The van der Waals surface area contributed by atoms with Crippen molar-refractivity contribution in [3.63, 3.8) is 0 Å². The van der Waals surface area contributed by atoms with Crippen LogP contribution < -0.4 is 19.1 Å². The molecule has 0 amide bonds. The molecule has 1 aromatic carbocycles. The average Bonchev–Trinajstić information content (AvgIpc) is 2.78. The van der Waals surface area contributed by atoms with E-state index in [-0.39, 0.29) is 23.6 Å². The Labute approximate surface area is 189 Å². The summed E-state index contributed by atoms with van der Waals surface area (Å²) in [6.07, 6.45) is 2.94. The lowest BCUT2D eigenvalue weighted by atomic mass is 10.1. The molecule has 1 saturated heterocycles. The second-order valence-electron chi connectivity index (χ2n) is 7.31. The number of pyridine rings is 1. The maximum atomic E-state index is 13.5. The molecule has 0 unspecified atom stereocenters. The zero-order chi connectivity index (χ0) is 23.4. The topological polar surface area (TPSA) is 118 Å². The number of methoxy groups -OCH3 is 2. The first-order valence-corrected chi connectivity index (χ1v) is 13.3. The monoisotopic (exact) mass is 484 g/mol. The van der Waals surface area contributed by atoms with E-state index in [4.69, 9.17) is 9.47 Å². The van der Waals surface area contributed by atoms with Crippen LogP contribution >= 0.6 is 0 Å². The fourth-order valence-electron chi connectivity index (χ4n) is 3.55. The van der Waals surface area contributed by atoms with E-state index in [2.05, 4.69) is 9.71 Å². The van der Waals surface area contributed by atoms with Crippen molar-refractivity contribution in [1.29, 1.82) is 0 Å². The van der Waals surface area contributed by atoms with Crippen LogP contribution in [-0.2, 0) is 26.5 Å². The summed E-state index contributed by atoms with van der Waals surface area (Å²) in [6, 6.07) is 8.65. The van der Waals surface area contributed by atoms with Gasteiger partial charge in [0.1, 0.15) is 5.82 Å². The van der Waals surface area contributed by atoms with E-state index >= 15 is 0 Å². The number of hydrogen-bond acceptors (Lipinski definition) is 8. The third kappa shape index (κ3) is 5.68. The van der Waals surface area contributed by atoms with Crippen molar-refractivity contribution >= 4 is 25.9 Å². The molecule has 2 heterocycles. The molecule has 0 aliphatic carbocycles. The Kier molecular flexibility index (Phi) is 7.59. The van der Waals surface area contributed by atoms with Crippen LogP contribution in [-0.4, -0.2) is 79.3 Å². The van der Waals surface area contributed by atoms with Gasteiger partial charge >= 0.3 is 0 Å². The highest BCUT2D eigenvalue weighted by molar-refractivity contribution is 7.89. The Morgan fingerprint density at radius 1 is 1.00 bits per heavy atom. The minimum atomic E-state index is -3.85. The van der Waals surface area contributed by atoms with Gasteiger partial charge in [-0.25, -0.2) is 26.5 Å². The molecule has 3 rings (SSSR count). The normalized spacial score (nSPS) is 15.5. The highest BCUT2D eigenvalue weighted by Gasteiger charge is 2.31. The molecule has 176 valence electrons. The van der Waals surface area contributed by atoms with Gasteiger partial charge < -0.3 is 14.4 Å². The molecule has 1 aromatic heterocycles. The molecule has 10 nitrogen and oxygen atoms in total. The van der Waals surface area contributed by atoms with Gasteiger partial charge in [0.2, 0.25) is 20.0 Å². The Hall–Kier alpha value is -2.41. The number of nitrogens with zero attached hydrogens (tertiary/aromatic N) is 3. The summed E-state index contributed by atoms with van der Waals surface area (Å²) in [5.41, 5.74) is 0.450. The number of ether oxygens (including phenoxy) is 2. The molecule has 1 fully saturated rings. The Balaban J connectivity index is 1.86. The number of aromatic nitrogens is 1. The Bertz CT molecular complexity index is 1130. The molecular weight excluding hydrogens is 456 g/mol. The smallest absolute Gasteiger partial charge is 0.243 e. The van der Waals surface area contributed by atoms with E-state index in [1.165, 1.54) is 24.6 Å². The molecule has 12 heteroatoms. The fraction of sp³-hybridized carbons (Fsp3) is 0.450. The predicted molar refractivity (Wildman–Crippen MR) is 121 cm³/mol. The number of benzene rings is 1. The number of nitrogens with one attached hydrogen (secondary N) is 1. The van der Waals surface area contributed by atoms with Crippen molar-refractivity contribution in [2.24, 2.45) is 0 Å². The van der Waals surface area contributed by atoms with Crippen LogP contribution in [0.3, 0.4) is 0 Å². The van der Waals surface area contributed by atoms with Crippen molar-refractivity contribution in [3.05, 3.63) is 42.1 Å². The van der Waals surface area contributed by atoms with Crippen LogP contribution in [0, 0.1) is 0 Å². The highest BCUT2D eigenvalue weighted by Crippen LogP contribution is 2.34. The molecule has 0 bridgehead atoms. The number of anilines is 1. The molecule has 0 radical (unpaired) electrons. The van der Waals surface area contributed by atoms with Crippen LogP contribution in [0.25, 0.3) is 0 Å². The van der Waals surface area contributed by atoms with Gasteiger partial charge in [-0.2, -0.15) is 4.31 Å². The zero-order valence-electron chi connectivity index (χ0n) is 18.3. The summed E-state index contributed by atoms with van der Waals surface area (Å²) in [5, 5.41) is 0. The van der Waals surface area contributed by atoms with Gasteiger partial charge in [0, 0.05) is 45.0 Å². The number of sulfonamides is 2. The van der Waals surface area contributed by atoms with E-state index in [1.54, 1.807) is 12.3 Å². The quantitative estimate of drug-likeness (QED) is 0.553. The minimum Gasteiger partial charge on any atom is -0.493 e. The summed E-state index contributed by atoms with van der Waals surface area (Å²) < 4.78 is 64.4. The van der Waals surface area contributed by atoms with E-state index < -0.39 is 20.0 Å². The summed E-state index contributed by atoms with van der Waals surface area (Å²) in [7, 11) is -4.35. The van der Waals surface area contributed by atoms with Gasteiger partial charge in [-0.15, -0.1) is 0 Å². The third-order valence-corrected chi connectivity index (χ3v) is 7.86. The van der Waals surface area contributed by atoms with E-state index in [1.807, 2.05) is 23.1 Å². The number of piperazine rings is 1. The maximum Gasteiger partial charge on any atom is 0.243 e. The standard InChI is InChI=1S/C20H28N4O6S2/c1-29-17-14-16(7-9-22-31(3,25)26)19(15-18(17)30-2)32(27,28)24-12-10-23(11-13-24)20-6-4-5-8-21-20/h4-6,8,14-15,22H,7,9-13H2,1-3H3. The van der Waals surface area contributed by atoms with Gasteiger partial charge in [0.15, 0.2) is 11.5 Å². The second kappa shape index (κ2) is 10.0. The minimum absolute atomic E-state index is 0.0598. The first kappa shape index (κ1) is 24.2. The maximum absolute atomic E-state index is 13.5. The van der Waals surface area contributed by atoms with Crippen LogP contribution in [0.4, 0.5) is 5.82 Å². The molecule has 0 saturated carbocycles.